The molecule has 1 fully saturated rings. The van der Waals surface area contributed by atoms with Crippen LogP contribution in [0.5, 0.6) is 17.2 Å². The number of rotatable bonds is 5. The molecule has 142 valence electrons. The molecule has 1 aliphatic rings. The van der Waals surface area contributed by atoms with Crippen LogP contribution in [0.4, 0.5) is 4.79 Å². The van der Waals surface area contributed by atoms with Crippen LogP contribution in [-0.4, -0.2) is 19.7 Å². The molecule has 1 heterocycles. The van der Waals surface area contributed by atoms with Crippen molar-refractivity contribution in [1.29, 1.82) is 0 Å². The summed E-state index contributed by atoms with van der Waals surface area (Å²) in [5.74, 6) is 2.14. The van der Waals surface area contributed by atoms with Gasteiger partial charge in [0.1, 0.15) is 22.8 Å². The van der Waals surface area contributed by atoms with Gasteiger partial charge in [-0.05, 0) is 59.7 Å². The van der Waals surface area contributed by atoms with Crippen LogP contribution in [0.3, 0.4) is 0 Å². The van der Waals surface area contributed by atoms with Gasteiger partial charge in [-0.3, -0.25) is 0 Å². The molecular formula is C22H19ClN2O3. The molecule has 0 saturated carbocycles. The summed E-state index contributed by atoms with van der Waals surface area (Å²) in [7, 11) is 1.63. The van der Waals surface area contributed by atoms with Crippen LogP contribution in [0.25, 0.3) is 0 Å². The number of urea groups is 1. The number of nitrogens with one attached hydrogen (secondary N) is 2. The van der Waals surface area contributed by atoms with Crippen LogP contribution in [0.1, 0.15) is 11.1 Å². The molecule has 0 radical (unpaired) electrons. The minimum Gasteiger partial charge on any atom is -0.497 e. The number of ether oxygens (including phenoxy) is 2. The Labute approximate surface area is 168 Å². The lowest BCUT2D eigenvalue weighted by Crippen LogP contribution is -2.41. The fourth-order valence-corrected chi connectivity index (χ4v) is 3.47. The number of benzene rings is 3. The van der Waals surface area contributed by atoms with E-state index in [0.29, 0.717) is 23.1 Å². The number of carbonyl (C=O) groups is 1. The third-order valence-electron chi connectivity index (χ3n) is 4.80. The van der Waals surface area contributed by atoms with Gasteiger partial charge in [0.15, 0.2) is 0 Å². The Morgan fingerprint density at radius 1 is 0.893 bits per heavy atom. The van der Waals surface area contributed by atoms with Gasteiger partial charge >= 0.3 is 6.03 Å². The van der Waals surface area contributed by atoms with E-state index in [9.17, 15) is 4.79 Å². The highest BCUT2D eigenvalue weighted by Gasteiger charge is 2.41. The molecule has 0 aliphatic carbocycles. The molecule has 28 heavy (non-hydrogen) atoms. The minimum absolute atomic E-state index is 0.204. The van der Waals surface area contributed by atoms with Crippen LogP contribution in [-0.2, 0) is 5.54 Å². The van der Waals surface area contributed by atoms with Crippen molar-refractivity contribution >= 4 is 17.6 Å². The average molecular weight is 395 g/mol. The molecule has 2 amide bonds. The maximum absolute atomic E-state index is 12.0. The van der Waals surface area contributed by atoms with E-state index in [4.69, 9.17) is 21.1 Å². The van der Waals surface area contributed by atoms with Crippen molar-refractivity contribution in [3.63, 3.8) is 0 Å². The predicted octanol–water partition coefficient (Wildman–Crippen LogP) is 4.70. The lowest BCUT2D eigenvalue weighted by molar-refractivity contribution is 0.246. The van der Waals surface area contributed by atoms with Crippen molar-refractivity contribution in [3.8, 4) is 17.2 Å². The van der Waals surface area contributed by atoms with E-state index in [1.165, 1.54) is 0 Å². The first kappa shape index (κ1) is 18.2. The summed E-state index contributed by atoms with van der Waals surface area (Å²) >= 11 is 5.91. The number of hydrogen-bond acceptors (Lipinski definition) is 3. The largest absolute Gasteiger partial charge is 0.497 e. The topological polar surface area (TPSA) is 59.6 Å². The van der Waals surface area contributed by atoms with Gasteiger partial charge < -0.3 is 20.1 Å². The van der Waals surface area contributed by atoms with Crippen LogP contribution in [0, 0.1) is 0 Å². The third-order valence-corrected chi connectivity index (χ3v) is 5.05. The maximum atomic E-state index is 12.0. The van der Waals surface area contributed by atoms with E-state index in [1.807, 2.05) is 60.7 Å². The molecule has 0 bridgehead atoms. The predicted molar refractivity (Wildman–Crippen MR) is 108 cm³/mol. The molecular weight excluding hydrogens is 376 g/mol. The molecule has 1 aliphatic heterocycles. The summed E-state index contributed by atoms with van der Waals surface area (Å²) in [6.07, 6.45) is 0. The van der Waals surface area contributed by atoms with Crippen LogP contribution in [0.2, 0.25) is 5.02 Å². The quantitative estimate of drug-likeness (QED) is 0.659. The van der Waals surface area contributed by atoms with E-state index >= 15 is 0 Å². The highest BCUT2D eigenvalue weighted by Crippen LogP contribution is 2.35. The minimum atomic E-state index is -0.676. The van der Waals surface area contributed by atoms with Crippen LogP contribution in [0.15, 0.2) is 72.8 Å². The molecule has 1 atom stereocenters. The first-order chi connectivity index (χ1) is 13.6. The third kappa shape index (κ3) is 3.49. The van der Waals surface area contributed by atoms with Gasteiger partial charge in [-0.1, -0.05) is 35.9 Å². The van der Waals surface area contributed by atoms with Gasteiger partial charge in [0.25, 0.3) is 0 Å². The smallest absolute Gasteiger partial charge is 0.315 e. The van der Waals surface area contributed by atoms with Crippen molar-refractivity contribution in [2.24, 2.45) is 0 Å². The summed E-state index contributed by atoms with van der Waals surface area (Å²) in [4.78, 5) is 12.0. The van der Waals surface area contributed by atoms with Crippen LogP contribution < -0.4 is 20.1 Å². The number of halogens is 1. The SMILES string of the molecule is COc1cccc(C2(c3ccc(Oc4ccc(Cl)cc4)cc3)CNC(=O)N2)c1. The Balaban J connectivity index is 1.65. The van der Waals surface area contributed by atoms with Crippen molar-refractivity contribution in [1.82, 2.24) is 10.6 Å². The zero-order chi connectivity index (χ0) is 19.6. The van der Waals surface area contributed by atoms with E-state index in [-0.39, 0.29) is 6.03 Å². The summed E-state index contributed by atoms with van der Waals surface area (Å²) in [5.41, 5.74) is 1.21. The Morgan fingerprint density at radius 3 is 2.18 bits per heavy atom. The zero-order valence-electron chi connectivity index (χ0n) is 15.2. The van der Waals surface area contributed by atoms with Crippen LogP contribution >= 0.6 is 11.6 Å². The molecule has 1 unspecified atom stereocenters. The van der Waals surface area contributed by atoms with Gasteiger partial charge in [-0.25, -0.2) is 4.79 Å². The van der Waals surface area contributed by atoms with Gasteiger partial charge in [0.2, 0.25) is 0 Å². The van der Waals surface area contributed by atoms with E-state index in [2.05, 4.69) is 10.6 Å². The molecule has 6 heteroatoms. The first-order valence-corrected chi connectivity index (χ1v) is 9.21. The molecule has 0 aromatic heterocycles. The molecule has 5 nitrogen and oxygen atoms in total. The molecule has 3 aromatic rings. The van der Waals surface area contributed by atoms with Gasteiger partial charge in [-0.15, -0.1) is 0 Å². The second-order valence-corrected chi connectivity index (χ2v) is 6.96. The Morgan fingerprint density at radius 2 is 1.57 bits per heavy atom. The summed E-state index contributed by atoms with van der Waals surface area (Å²) in [5, 5.41) is 6.60. The lowest BCUT2D eigenvalue weighted by Gasteiger charge is -2.29. The Hall–Kier alpha value is -3.18. The molecule has 0 spiro atoms. The van der Waals surface area contributed by atoms with Gasteiger partial charge in [0.05, 0.1) is 13.7 Å². The van der Waals surface area contributed by atoms with E-state index in [1.54, 1.807) is 19.2 Å². The maximum Gasteiger partial charge on any atom is 0.315 e. The van der Waals surface area contributed by atoms with Crippen molar-refractivity contribution in [2.75, 3.05) is 13.7 Å². The lowest BCUT2D eigenvalue weighted by atomic mass is 9.83. The Kier molecular flexibility index (Phi) is 4.84. The summed E-state index contributed by atoms with van der Waals surface area (Å²) < 4.78 is 11.2. The van der Waals surface area contributed by atoms with Crippen molar-refractivity contribution in [3.05, 3.63) is 88.9 Å². The second kappa shape index (κ2) is 7.44. The highest BCUT2D eigenvalue weighted by atomic mass is 35.5. The van der Waals surface area contributed by atoms with E-state index in [0.717, 1.165) is 16.9 Å². The molecule has 2 N–H and O–H groups in total. The van der Waals surface area contributed by atoms with Crippen molar-refractivity contribution in [2.45, 2.75) is 5.54 Å². The second-order valence-electron chi connectivity index (χ2n) is 6.53. The fourth-order valence-electron chi connectivity index (χ4n) is 3.34. The monoisotopic (exact) mass is 394 g/mol. The number of amides is 2. The van der Waals surface area contributed by atoms with E-state index < -0.39 is 5.54 Å². The number of carbonyl (C=O) groups excluding carboxylic acids is 1. The summed E-state index contributed by atoms with van der Waals surface area (Å²) in [6, 6.07) is 22.4. The van der Waals surface area contributed by atoms with Gasteiger partial charge in [-0.2, -0.15) is 0 Å². The van der Waals surface area contributed by atoms with Gasteiger partial charge in [0, 0.05) is 5.02 Å². The number of hydrogen-bond donors (Lipinski definition) is 2. The normalized spacial score (nSPS) is 18.3. The standard InChI is InChI=1S/C22H19ClN2O3/c1-27-20-4-2-3-16(13-20)22(14-24-21(26)25-22)15-5-9-18(10-6-15)28-19-11-7-17(23)8-12-19/h2-13H,14H2,1H3,(H2,24,25,26). The first-order valence-electron chi connectivity index (χ1n) is 8.83. The zero-order valence-corrected chi connectivity index (χ0v) is 16.0. The molecule has 4 rings (SSSR count). The highest BCUT2D eigenvalue weighted by molar-refractivity contribution is 6.30. The molecule has 3 aromatic carbocycles. The molecule has 1 saturated heterocycles. The Bertz CT molecular complexity index is 989. The average Bonchev–Trinajstić information content (AvgIpc) is 3.13. The fraction of sp³-hybridized carbons (Fsp3) is 0.136. The van der Waals surface area contributed by atoms with Crippen molar-refractivity contribution < 1.29 is 14.3 Å². The number of methoxy groups -OCH3 is 1. The summed E-state index contributed by atoms with van der Waals surface area (Å²) in [6.45, 7) is 0.441.